The van der Waals surface area contributed by atoms with Gasteiger partial charge >= 0.3 is 0 Å². The van der Waals surface area contributed by atoms with Gasteiger partial charge in [-0.2, -0.15) is 5.10 Å². The fourth-order valence-electron chi connectivity index (χ4n) is 2.24. The molecule has 28 heavy (non-hydrogen) atoms. The number of aromatic nitrogens is 3. The van der Waals surface area contributed by atoms with E-state index >= 15 is 0 Å². The van der Waals surface area contributed by atoms with Crippen molar-refractivity contribution in [1.29, 1.82) is 0 Å². The third kappa shape index (κ3) is 6.21. The highest BCUT2D eigenvalue weighted by Crippen LogP contribution is 2.21. The predicted molar refractivity (Wildman–Crippen MR) is 114 cm³/mol. The molecule has 0 atom stereocenters. The smallest absolute Gasteiger partial charge is 0.209 e. The molecule has 3 rings (SSSR count). The average Bonchev–Trinajstić information content (AvgIpc) is 2.70. The minimum atomic E-state index is 0.305. The normalized spacial score (nSPS) is 11.1. The highest BCUT2D eigenvalue weighted by Gasteiger charge is 2.05. The van der Waals surface area contributed by atoms with Crippen molar-refractivity contribution in [3.63, 3.8) is 0 Å². The highest BCUT2D eigenvalue weighted by molar-refractivity contribution is 7.98. The zero-order valence-corrected chi connectivity index (χ0v) is 17.4. The van der Waals surface area contributed by atoms with Crippen LogP contribution < -0.4 is 5.48 Å². The molecule has 2 aromatic carbocycles. The summed E-state index contributed by atoms with van der Waals surface area (Å²) in [6.45, 7) is 2.17. The fraction of sp³-hybridized carbons (Fsp3) is 0.150. The molecule has 0 bridgehead atoms. The van der Waals surface area contributed by atoms with Gasteiger partial charge in [0.15, 0.2) is 0 Å². The van der Waals surface area contributed by atoms with Crippen molar-refractivity contribution in [3.8, 4) is 0 Å². The van der Waals surface area contributed by atoms with E-state index in [1.54, 1.807) is 36.2 Å². The van der Waals surface area contributed by atoms with Crippen LogP contribution in [0.1, 0.15) is 22.5 Å². The molecule has 1 heterocycles. The number of aryl methyl sites for hydroxylation is 1. The summed E-state index contributed by atoms with van der Waals surface area (Å²) in [7, 11) is 0. The minimum Gasteiger partial charge on any atom is -0.274 e. The zero-order chi connectivity index (χ0) is 19.8. The lowest BCUT2D eigenvalue weighted by atomic mass is 10.2. The Morgan fingerprint density at radius 1 is 1.11 bits per heavy atom. The van der Waals surface area contributed by atoms with Gasteiger partial charge in [0.05, 0.1) is 11.4 Å². The number of thioether (sulfide) groups is 1. The van der Waals surface area contributed by atoms with Crippen LogP contribution in [-0.4, -0.2) is 15.2 Å². The van der Waals surface area contributed by atoms with Crippen LogP contribution >= 0.6 is 35.0 Å². The van der Waals surface area contributed by atoms with Gasteiger partial charge in [-0.3, -0.25) is 10.3 Å². The Morgan fingerprint density at radius 3 is 2.71 bits per heavy atom. The van der Waals surface area contributed by atoms with Crippen molar-refractivity contribution in [2.75, 3.05) is 0 Å². The molecule has 5 nitrogen and oxygen atoms in total. The van der Waals surface area contributed by atoms with Gasteiger partial charge in [-0.05, 0) is 36.3 Å². The average molecular weight is 433 g/mol. The lowest BCUT2D eigenvalue weighted by Gasteiger charge is -2.06. The molecule has 0 fully saturated rings. The Morgan fingerprint density at radius 2 is 1.93 bits per heavy atom. The summed E-state index contributed by atoms with van der Waals surface area (Å²) >= 11 is 13.5. The first kappa shape index (κ1) is 20.6. The summed E-state index contributed by atoms with van der Waals surface area (Å²) in [5.41, 5.74) is 6.28. The summed E-state index contributed by atoms with van der Waals surface area (Å²) < 4.78 is 0. The van der Waals surface area contributed by atoms with Crippen LogP contribution in [0.2, 0.25) is 10.0 Å². The number of rotatable bonds is 8. The Balaban J connectivity index is 1.52. The second kappa shape index (κ2) is 10.4. The van der Waals surface area contributed by atoms with Crippen molar-refractivity contribution < 1.29 is 4.84 Å². The second-order valence-corrected chi connectivity index (χ2v) is 7.60. The van der Waals surface area contributed by atoms with Gasteiger partial charge in [-0.25, -0.2) is 4.98 Å². The molecule has 1 N–H and O–H groups in total. The van der Waals surface area contributed by atoms with Crippen molar-refractivity contribution in [3.05, 3.63) is 87.3 Å². The van der Waals surface area contributed by atoms with E-state index in [0.29, 0.717) is 21.8 Å². The third-order valence-electron chi connectivity index (χ3n) is 3.72. The van der Waals surface area contributed by atoms with E-state index in [1.165, 1.54) is 5.56 Å². The predicted octanol–water partition coefficient (Wildman–Crippen LogP) is 5.47. The van der Waals surface area contributed by atoms with E-state index in [-0.39, 0.29) is 0 Å². The second-order valence-electron chi connectivity index (χ2n) is 5.81. The zero-order valence-electron chi connectivity index (χ0n) is 15.1. The number of hydrogen-bond acceptors (Lipinski definition) is 6. The molecular formula is C20H18Cl2N4OS. The van der Waals surface area contributed by atoms with Crippen molar-refractivity contribution in [2.45, 2.75) is 24.4 Å². The first-order valence-corrected chi connectivity index (χ1v) is 10.2. The summed E-state index contributed by atoms with van der Waals surface area (Å²) in [5.74, 6) is 0.790. The van der Waals surface area contributed by atoms with E-state index < -0.39 is 0 Å². The molecule has 0 saturated heterocycles. The van der Waals surface area contributed by atoms with Crippen LogP contribution in [0.3, 0.4) is 0 Å². The summed E-state index contributed by atoms with van der Waals surface area (Å²) in [4.78, 5) is 9.94. The third-order valence-corrected chi connectivity index (χ3v) is 5.21. The molecule has 144 valence electrons. The van der Waals surface area contributed by atoms with Gasteiger partial charge < -0.3 is 0 Å². The largest absolute Gasteiger partial charge is 0.274 e. The highest BCUT2D eigenvalue weighted by atomic mass is 35.5. The maximum atomic E-state index is 6.11. The van der Waals surface area contributed by atoms with Crippen molar-refractivity contribution in [2.24, 2.45) is 0 Å². The molecule has 0 aliphatic rings. The van der Waals surface area contributed by atoms with Gasteiger partial charge in [-0.15, -0.1) is 5.10 Å². The Hall–Kier alpha value is -2.12. The molecule has 1 aromatic heterocycles. The SMILES string of the molecule is Cc1nnc(SCc2ccccc2)nc1C=CNOCc1ccc(Cl)cc1Cl. The van der Waals surface area contributed by atoms with E-state index in [0.717, 1.165) is 22.7 Å². The lowest BCUT2D eigenvalue weighted by molar-refractivity contribution is 0.0582. The number of hydrogen-bond donors (Lipinski definition) is 1. The Labute approximate surface area is 178 Å². The van der Waals surface area contributed by atoms with E-state index in [9.17, 15) is 0 Å². The first-order valence-electron chi connectivity index (χ1n) is 8.47. The van der Waals surface area contributed by atoms with E-state index in [1.807, 2.05) is 31.2 Å². The van der Waals surface area contributed by atoms with Gasteiger partial charge in [-0.1, -0.05) is 71.4 Å². The molecule has 0 unspecified atom stereocenters. The molecule has 3 aromatic rings. The molecular weight excluding hydrogens is 415 g/mol. The number of nitrogens with zero attached hydrogens (tertiary/aromatic N) is 3. The molecule has 0 amide bonds. The van der Waals surface area contributed by atoms with Crippen LogP contribution in [0.25, 0.3) is 6.08 Å². The maximum absolute atomic E-state index is 6.11. The number of nitrogens with one attached hydrogen (secondary N) is 1. The molecule has 0 spiro atoms. The standard InChI is InChI=1S/C20H18Cl2N4OS/c1-14-19(9-10-23-27-12-16-7-8-17(21)11-18(16)22)24-20(26-25-14)28-13-15-5-3-2-4-6-15/h2-11,23H,12-13H2,1H3. The molecule has 8 heteroatoms. The first-order chi connectivity index (χ1) is 13.6. The van der Waals surface area contributed by atoms with Gasteiger partial charge in [0.25, 0.3) is 0 Å². The number of benzene rings is 2. The summed E-state index contributed by atoms with van der Waals surface area (Å²) in [6.07, 6.45) is 3.45. The molecule has 0 aliphatic heterocycles. The van der Waals surface area contributed by atoms with Crippen molar-refractivity contribution >= 4 is 41.0 Å². The topological polar surface area (TPSA) is 59.9 Å². The van der Waals surface area contributed by atoms with Crippen LogP contribution in [0, 0.1) is 6.92 Å². The fourth-order valence-corrected chi connectivity index (χ4v) is 3.45. The summed E-state index contributed by atoms with van der Waals surface area (Å²) in [5, 5.41) is 10.1. The van der Waals surface area contributed by atoms with E-state index in [4.69, 9.17) is 28.0 Å². The van der Waals surface area contributed by atoms with Gasteiger partial charge in [0.2, 0.25) is 5.16 Å². The maximum Gasteiger partial charge on any atom is 0.209 e. The number of hydroxylamine groups is 1. The van der Waals surface area contributed by atoms with Crippen LogP contribution in [0.5, 0.6) is 0 Å². The Kier molecular flexibility index (Phi) is 7.68. The van der Waals surface area contributed by atoms with Gasteiger partial charge in [0, 0.05) is 22.0 Å². The van der Waals surface area contributed by atoms with Gasteiger partial charge in [0.1, 0.15) is 6.61 Å². The molecule has 0 aliphatic carbocycles. The molecule has 0 saturated carbocycles. The van der Waals surface area contributed by atoms with Crippen LogP contribution in [0.4, 0.5) is 0 Å². The van der Waals surface area contributed by atoms with E-state index in [2.05, 4.69) is 32.8 Å². The quantitative estimate of drug-likeness (QED) is 0.289. The van der Waals surface area contributed by atoms with Crippen LogP contribution in [-0.2, 0) is 17.2 Å². The minimum absolute atomic E-state index is 0.305. The monoisotopic (exact) mass is 432 g/mol. The van der Waals surface area contributed by atoms with Crippen LogP contribution in [0.15, 0.2) is 59.9 Å². The summed E-state index contributed by atoms with van der Waals surface area (Å²) in [6, 6.07) is 15.5. The lowest BCUT2D eigenvalue weighted by Crippen LogP contribution is -2.07. The number of halogens is 2. The Bertz CT molecular complexity index is 954. The van der Waals surface area contributed by atoms with Crippen molar-refractivity contribution in [1.82, 2.24) is 20.7 Å². The molecule has 0 radical (unpaired) electrons.